The number of benzene rings is 1. The minimum Gasteiger partial charge on any atom is -0.361 e. The van der Waals surface area contributed by atoms with Crippen molar-refractivity contribution in [1.82, 2.24) is 20.5 Å². The van der Waals surface area contributed by atoms with Crippen LogP contribution in [0.15, 0.2) is 38.7 Å². The van der Waals surface area contributed by atoms with Gasteiger partial charge in [-0.15, -0.1) is 24.0 Å². The molecule has 3 N–H and O–H groups in total. The minimum atomic E-state index is -3.64. The molecule has 0 saturated carbocycles. The van der Waals surface area contributed by atoms with Crippen LogP contribution in [0.3, 0.4) is 0 Å². The van der Waals surface area contributed by atoms with E-state index in [1.54, 1.807) is 25.2 Å². The molecule has 0 bridgehead atoms. The lowest BCUT2D eigenvalue weighted by molar-refractivity contribution is 0.380. The van der Waals surface area contributed by atoms with Gasteiger partial charge in [-0.25, -0.2) is 13.1 Å². The Bertz CT molecular complexity index is 960. The molecule has 1 heterocycles. The number of guanidine groups is 1. The van der Waals surface area contributed by atoms with Crippen LogP contribution in [0.5, 0.6) is 0 Å². The van der Waals surface area contributed by atoms with Crippen LogP contribution in [0.1, 0.15) is 57.2 Å². The maximum absolute atomic E-state index is 12.8. The summed E-state index contributed by atoms with van der Waals surface area (Å²) in [5.74, 6) is 1.43. The fourth-order valence-electron chi connectivity index (χ4n) is 3.08. The van der Waals surface area contributed by atoms with Crippen molar-refractivity contribution in [3.8, 4) is 0 Å². The van der Waals surface area contributed by atoms with Gasteiger partial charge in [0, 0.05) is 37.7 Å². The fraction of sp³-hybridized carbons (Fsp3) is 0.524. The topological polar surface area (TPSA) is 109 Å². The first-order chi connectivity index (χ1) is 14.1. The summed E-state index contributed by atoms with van der Waals surface area (Å²) in [5.41, 5.74) is 2.06. The molecule has 0 fully saturated rings. The van der Waals surface area contributed by atoms with E-state index in [1.807, 2.05) is 40.7 Å². The van der Waals surface area contributed by atoms with Crippen molar-refractivity contribution in [1.29, 1.82) is 0 Å². The molecule has 0 saturated heterocycles. The smallest absolute Gasteiger partial charge is 0.241 e. The molecule has 0 amide bonds. The standard InChI is InChI=1S/C21H33N5O3S.HI/c1-7-17-16(18(8-2)29-25-17)14-24-20(22-6)23-13-15-11-9-10-12-19(15)30(27,28)26-21(3,4)5;/h9-12,26H,7-8,13-14H2,1-6H3,(H2,22,23,24);1H. The Balaban J connectivity index is 0.00000480. The van der Waals surface area contributed by atoms with Gasteiger partial charge in [-0.1, -0.05) is 37.2 Å². The van der Waals surface area contributed by atoms with Crippen molar-refractivity contribution in [2.75, 3.05) is 7.05 Å². The second-order valence-electron chi connectivity index (χ2n) is 7.98. The second kappa shape index (κ2) is 11.8. The lowest BCUT2D eigenvalue weighted by Crippen LogP contribution is -2.41. The summed E-state index contributed by atoms with van der Waals surface area (Å²) in [4.78, 5) is 4.50. The molecule has 0 aliphatic heterocycles. The van der Waals surface area contributed by atoms with E-state index < -0.39 is 15.6 Å². The van der Waals surface area contributed by atoms with Crippen LogP contribution in [0.2, 0.25) is 0 Å². The average Bonchev–Trinajstić information content (AvgIpc) is 3.08. The van der Waals surface area contributed by atoms with E-state index in [2.05, 4.69) is 25.5 Å². The van der Waals surface area contributed by atoms with Crippen molar-refractivity contribution in [3.05, 3.63) is 46.8 Å². The molecule has 0 radical (unpaired) electrons. The molecule has 10 heteroatoms. The van der Waals surface area contributed by atoms with E-state index in [9.17, 15) is 8.42 Å². The lowest BCUT2D eigenvalue weighted by Gasteiger charge is -2.22. The number of nitrogens with one attached hydrogen (secondary N) is 3. The number of aliphatic imine (C=N–C) groups is 1. The molecular weight excluding hydrogens is 529 g/mol. The van der Waals surface area contributed by atoms with Gasteiger partial charge in [0.2, 0.25) is 10.0 Å². The average molecular weight is 564 g/mol. The maximum Gasteiger partial charge on any atom is 0.241 e. The number of sulfonamides is 1. The Kier molecular flexibility index (Phi) is 10.4. The number of aryl methyl sites for hydroxylation is 2. The molecule has 0 unspecified atom stereocenters. The summed E-state index contributed by atoms with van der Waals surface area (Å²) in [5, 5.41) is 10.6. The Labute approximate surface area is 202 Å². The summed E-state index contributed by atoms with van der Waals surface area (Å²) in [6, 6.07) is 6.95. The summed E-state index contributed by atoms with van der Waals surface area (Å²) < 4.78 is 33.7. The third kappa shape index (κ3) is 7.76. The van der Waals surface area contributed by atoms with Crippen LogP contribution in [0.25, 0.3) is 0 Å². The van der Waals surface area contributed by atoms with E-state index in [4.69, 9.17) is 4.52 Å². The predicted molar refractivity (Wildman–Crippen MR) is 134 cm³/mol. The van der Waals surface area contributed by atoms with Crippen molar-refractivity contribution in [2.24, 2.45) is 4.99 Å². The van der Waals surface area contributed by atoms with Crippen LogP contribution >= 0.6 is 24.0 Å². The first kappa shape index (κ1) is 27.4. The molecule has 174 valence electrons. The predicted octanol–water partition coefficient (Wildman–Crippen LogP) is 3.36. The van der Waals surface area contributed by atoms with Crippen LogP contribution in [-0.4, -0.2) is 32.1 Å². The van der Waals surface area contributed by atoms with Crippen molar-refractivity contribution in [3.63, 3.8) is 0 Å². The van der Waals surface area contributed by atoms with Gasteiger partial charge in [0.25, 0.3) is 0 Å². The van der Waals surface area contributed by atoms with Crippen molar-refractivity contribution in [2.45, 2.75) is 71.0 Å². The highest BCUT2D eigenvalue weighted by Crippen LogP contribution is 2.18. The summed E-state index contributed by atoms with van der Waals surface area (Å²) in [6.07, 6.45) is 1.56. The van der Waals surface area contributed by atoms with Crippen molar-refractivity contribution < 1.29 is 12.9 Å². The van der Waals surface area contributed by atoms with Gasteiger partial charge in [-0.3, -0.25) is 4.99 Å². The van der Waals surface area contributed by atoms with E-state index in [0.29, 0.717) is 24.6 Å². The van der Waals surface area contributed by atoms with Gasteiger partial charge in [0.05, 0.1) is 10.6 Å². The van der Waals surface area contributed by atoms with Gasteiger partial charge < -0.3 is 15.2 Å². The monoisotopic (exact) mass is 563 g/mol. The molecule has 1 aromatic heterocycles. The fourth-order valence-corrected chi connectivity index (χ4v) is 4.74. The summed E-state index contributed by atoms with van der Waals surface area (Å²) in [7, 11) is -1.97. The normalized spacial score (nSPS) is 12.4. The quantitative estimate of drug-likeness (QED) is 0.258. The highest BCUT2D eigenvalue weighted by Gasteiger charge is 2.24. The molecule has 2 rings (SSSR count). The van der Waals surface area contributed by atoms with Crippen LogP contribution in [0.4, 0.5) is 0 Å². The molecule has 1 aromatic carbocycles. The maximum atomic E-state index is 12.8. The zero-order chi connectivity index (χ0) is 22.4. The molecular formula is C21H34IN5O3S. The summed E-state index contributed by atoms with van der Waals surface area (Å²) in [6.45, 7) is 10.4. The Morgan fingerprint density at radius 2 is 1.74 bits per heavy atom. The molecule has 2 aromatic rings. The number of halogens is 1. The van der Waals surface area contributed by atoms with E-state index in [0.717, 1.165) is 29.9 Å². The SMILES string of the molecule is CCc1noc(CC)c1CNC(=NC)NCc1ccccc1S(=O)(=O)NC(C)(C)C.I. The first-order valence-electron chi connectivity index (χ1n) is 10.1. The van der Waals surface area contributed by atoms with Crippen LogP contribution in [-0.2, 0) is 36.0 Å². The number of aromatic nitrogens is 1. The van der Waals surface area contributed by atoms with Crippen LogP contribution in [0, 0.1) is 0 Å². The molecule has 0 atom stereocenters. The number of nitrogens with zero attached hydrogens (tertiary/aromatic N) is 2. The Morgan fingerprint density at radius 3 is 2.32 bits per heavy atom. The van der Waals surface area contributed by atoms with Crippen LogP contribution < -0.4 is 15.4 Å². The zero-order valence-corrected chi connectivity index (χ0v) is 22.2. The van der Waals surface area contributed by atoms with Gasteiger partial charge in [0.15, 0.2) is 5.96 Å². The Hall–Kier alpha value is -1.66. The third-order valence-electron chi connectivity index (χ3n) is 4.41. The van der Waals surface area contributed by atoms with Gasteiger partial charge >= 0.3 is 0 Å². The molecule has 0 spiro atoms. The minimum absolute atomic E-state index is 0. The third-order valence-corrected chi connectivity index (χ3v) is 6.27. The molecule has 0 aliphatic rings. The van der Waals surface area contributed by atoms with Gasteiger partial charge in [-0.05, 0) is 38.8 Å². The highest BCUT2D eigenvalue weighted by atomic mass is 127. The van der Waals surface area contributed by atoms with Gasteiger partial charge in [0.1, 0.15) is 5.76 Å². The van der Waals surface area contributed by atoms with E-state index in [-0.39, 0.29) is 28.9 Å². The number of hydrogen-bond donors (Lipinski definition) is 3. The largest absolute Gasteiger partial charge is 0.361 e. The molecule has 0 aliphatic carbocycles. The van der Waals surface area contributed by atoms with Crippen molar-refractivity contribution >= 4 is 40.0 Å². The van der Waals surface area contributed by atoms with Gasteiger partial charge in [-0.2, -0.15) is 0 Å². The highest BCUT2D eigenvalue weighted by molar-refractivity contribution is 14.0. The van der Waals surface area contributed by atoms with E-state index in [1.165, 1.54) is 0 Å². The van der Waals surface area contributed by atoms with E-state index >= 15 is 0 Å². The number of hydrogen-bond acceptors (Lipinski definition) is 5. The second-order valence-corrected chi connectivity index (χ2v) is 9.63. The Morgan fingerprint density at radius 1 is 1.10 bits per heavy atom. The summed E-state index contributed by atoms with van der Waals surface area (Å²) >= 11 is 0. The first-order valence-corrected chi connectivity index (χ1v) is 11.6. The number of rotatable bonds is 8. The zero-order valence-electron chi connectivity index (χ0n) is 19.1. The lowest BCUT2D eigenvalue weighted by atomic mass is 10.1. The molecule has 8 nitrogen and oxygen atoms in total. The molecule has 31 heavy (non-hydrogen) atoms.